The van der Waals surface area contributed by atoms with Crippen LogP contribution in [-0.2, 0) is 0 Å². The van der Waals surface area contributed by atoms with Gasteiger partial charge in [-0.25, -0.2) is 4.98 Å². The summed E-state index contributed by atoms with van der Waals surface area (Å²) in [5.74, 6) is 0.280. The topological polar surface area (TPSA) is 33.1 Å². The molecule has 1 aromatic heterocycles. The third-order valence-electron chi connectivity index (χ3n) is 3.31. The molecule has 3 heteroatoms. The second-order valence-electron chi connectivity index (χ2n) is 4.88. The van der Waals surface area contributed by atoms with Crippen LogP contribution in [-0.4, -0.2) is 10.1 Å². The molecule has 0 bridgehead atoms. The molecule has 0 aliphatic carbocycles. The zero-order chi connectivity index (χ0) is 14.1. The summed E-state index contributed by atoms with van der Waals surface area (Å²) in [5.41, 5.74) is 4.58. The zero-order valence-electron chi connectivity index (χ0n) is 11.4. The van der Waals surface area contributed by atoms with E-state index in [1.165, 1.54) is 15.8 Å². The van der Waals surface area contributed by atoms with Crippen molar-refractivity contribution in [2.75, 3.05) is 0 Å². The van der Waals surface area contributed by atoms with Gasteiger partial charge in [0.2, 0.25) is 0 Å². The van der Waals surface area contributed by atoms with Crippen molar-refractivity contribution in [3.8, 4) is 5.75 Å². The highest BCUT2D eigenvalue weighted by Crippen LogP contribution is 2.26. The summed E-state index contributed by atoms with van der Waals surface area (Å²) in [5, 5.41) is 10.4. The number of fused-ring (bicyclic) bond motifs is 1. The Morgan fingerprint density at radius 2 is 1.85 bits per heavy atom. The number of thiazole rings is 1. The van der Waals surface area contributed by atoms with E-state index in [2.05, 4.69) is 31.0 Å². The summed E-state index contributed by atoms with van der Waals surface area (Å²) in [6.07, 6.45) is 3.96. The van der Waals surface area contributed by atoms with Crippen molar-refractivity contribution < 1.29 is 5.11 Å². The maximum absolute atomic E-state index is 9.44. The van der Waals surface area contributed by atoms with Crippen molar-refractivity contribution in [1.82, 2.24) is 4.98 Å². The quantitative estimate of drug-likeness (QED) is 0.732. The van der Waals surface area contributed by atoms with Gasteiger partial charge >= 0.3 is 0 Å². The lowest BCUT2D eigenvalue weighted by molar-refractivity contribution is 0.475. The van der Waals surface area contributed by atoms with Gasteiger partial charge in [0.05, 0.1) is 10.2 Å². The molecule has 0 fully saturated rings. The Hall–Kier alpha value is -2.13. The van der Waals surface area contributed by atoms with E-state index in [1.54, 1.807) is 23.5 Å². The Bertz CT molecular complexity index is 763. The Morgan fingerprint density at radius 1 is 1.05 bits per heavy atom. The lowest BCUT2D eigenvalue weighted by atomic mass is 10.1. The molecule has 3 rings (SSSR count). The molecule has 0 radical (unpaired) electrons. The molecule has 1 N–H and O–H groups in total. The highest BCUT2D eigenvalue weighted by atomic mass is 32.1. The van der Waals surface area contributed by atoms with Crippen LogP contribution in [0.1, 0.15) is 21.7 Å². The number of hydrogen-bond acceptors (Lipinski definition) is 3. The predicted octanol–water partition coefficient (Wildman–Crippen LogP) is 4.79. The van der Waals surface area contributed by atoms with Gasteiger partial charge in [0.15, 0.2) is 0 Å². The smallest absolute Gasteiger partial charge is 0.117 e. The molecular weight excluding hydrogens is 266 g/mol. The van der Waals surface area contributed by atoms with Gasteiger partial charge in [-0.2, -0.15) is 0 Å². The standard InChI is InChI=1S/C17H15NOS/c1-11-8-15-16(9-12(11)2)20-17(18-15)7-6-13-4-3-5-14(19)10-13/h3-10,19H,1-2H3. The Labute approximate surface area is 122 Å². The number of aromatic hydroxyl groups is 1. The summed E-state index contributed by atoms with van der Waals surface area (Å²) in [6, 6.07) is 11.5. The normalized spacial score (nSPS) is 11.5. The highest BCUT2D eigenvalue weighted by Gasteiger charge is 2.03. The van der Waals surface area contributed by atoms with Crippen molar-refractivity contribution in [2.45, 2.75) is 13.8 Å². The number of phenolic OH excluding ortho intramolecular Hbond substituents is 1. The molecule has 2 nitrogen and oxygen atoms in total. The van der Waals surface area contributed by atoms with E-state index in [4.69, 9.17) is 0 Å². The van der Waals surface area contributed by atoms with Crippen LogP contribution in [0.3, 0.4) is 0 Å². The number of phenols is 1. The third-order valence-corrected chi connectivity index (χ3v) is 4.29. The molecule has 100 valence electrons. The molecular formula is C17H15NOS. The Kier molecular flexibility index (Phi) is 3.28. The third kappa shape index (κ3) is 2.58. The van der Waals surface area contributed by atoms with Crippen LogP contribution < -0.4 is 0 Å². The molecule has 0 spiro atoms. The van der Waals surface area contributed by atoms with Crippen molar-refractivity contribution in [3.05, 3.63) is 58.1 Å². The second kappa shape index (κ2) is 5.10. The fourth-order valence-corrected chi connectivity index (χ4v) is 3.02. The lowest BCUT2D eigenvalue weighted by Gasteiger charge is -1.96. The minimum absolute atomic E-state index is 0.280. The molecule has 0 atom stereocenters. The van der Waals surface area contributed by atoms with Crippen LogP contribution in [0, 0.1) is 13.8 Å². The number of hydrogen-bond donors (Lipinski definition) is 1. The predicted molar refractivity (Wildman–Crippen MR) is 86.1 cm³/mol. The first kappa shape index (κ1) is 12.9. The van der Waals surface area contributed by atoms with Gasteiger partial charge in [-0.3, -0.25) is 0 Å². The fourth-order valence-electron chi connectivity index (χ4n) is 2.07. The van der Waals surface area contributed by atoms with E-state index in [0.29, 0.717) is 0 Å². The maximum atomic E-state index is 9.44. The minimum atomic E-state index is 0.280. The average molecular weight is 281 g/mol. The molecule has 1 heterocycles. The largest absolute Gasteiger partial charge is 0.508 e. The van der Waals surface area contributed by atoms with Gasteiger partial charge in [-0.15, -0.1) is 11.3 Å². The molecule has 0 unspecified atom stereocenters. The molecule has 0 aliphatic rings. The molecule has 3 aromatic rings. The van der Waals surface area contributed by atoms with Crippen LogP contribution in [0.5, 0.6) is 5.75 Å². The maximum Gasteiger partial charge on any atom is 0.117 e. The van der Waals surface area contributed by atoms with Crippen LogP contribution >= 0.6 is 11.3 Å². The van der Waals surface area contributed by atoms with Crippen molar-refractivity contribution in [2.24, 2.45) is 0 Å². The van der Waals surface area contributed by atoms with E-state index < -0.39 is 0 Å². The molecule has 20 heavy (non-hydrogen) atoms. The highest BCUT2D eigenvalue weighted by molar-refractivity contribution is 7.19. The Balaban J connectivity index is 1.95. The lowest BCUT2D eigenvalue weighted by Crippen LogP contribution is -1.79. The summed E-state index contributed by atoms with van der Waals surface area (Å²) in [7, 11) is 0. The van der Waals surface area contributed by atoms with E-state index in [1.807, 2.05) is 24.3 Å². The number of nitrogens with zero attached hydrogens (tertiary/aromatic N) is 1. The summed E-state index contributed by atoms with van der Waals surface area (Å²) in [6.45, 7) is 4.23. The Morgan fingerprint density at radius 3 is 2.65 bits per heavy atom. The van der Waals surface area contributed by atoms with Crippen molar-refractivity contribution >= 4 is 33.7 Å². The van der Waals surface area contributed by atoms with Gasteiger partial charge in [0, 0.05) is 0 Å². The first-order chi connectivity index (χ1) is 9.61. The van der Waals surface area contributed by atoms with Crippen LogP contribution in [0.15, 0.2) is 36.4 Å². The van der Waals surface area contributed by atoms with Gasteiger partial charge in [-0.05, 0) is 60.9 Å². The van der Waals surface area contributed by atoms with Crippen molar-refractivity contribution in [1.29, 1.82) is 0 Å². The number of aryl methyl sites for hydroxylation is 2. The first-order valence-electron chi connectivity index (χ1n) is 6.47. The molecule has 0 saturated heterocycles. The van der Waals surface area contributed by atoms with E-state index in [0.717, 1.165) is 16.1 Å². The van der Waals surface area contributed by atoms with Crippen LogP contribution in [0.2, 0.25) is 0 Å². The van der Waals surface area contributed by atoms with Gasteiger partial charge in [0.1, 0.15) is 10.8 Å². The second-order valence-corrected chi connectivity index (χ2v) is 5.95. The van der Waals surface area contributed by atoms with Crippen molar-refractivity contribution in [3.63, 3.8) is 0 Å². The molecule has 0 saturated carbocycles. The first-order valence-corrected chi connectivity index (χ1v) is 7.28. The van der Waals surface area contributed by atoms with Gasteiger partial charge in [-0.1, -0.05) is 18.2 Å². The fraction of sp³-hybridized carbons (Fsp3) is 0.118. The monoisotopic (exact) mass is 281 g/mol. The summed E-state index contributed by atoms with van der Waals surface area (Å²) < 4.78 is 1.21. The van der Waals surface area contributed by atoms with Crippen LogP contribution in [0.4, 0.5) is 0 Å². The molecule has 0 amide bonds. The van der Waals surface area contributed by atoms with Gasteiger partial charge < -0.3 is 5.11 Å². The van der Waals surface area contributed by atoms with Crippen LogP contribution in [0.25, 0.3) is 22.4 Å². The number of aromatic nitrogens is 1. The zero-order valence-corrected chi connectivity index (χ0v) is 12.2. The van der Waals surface area contributed by atoms with Gasteiger partial charge in [0.25, 0.3) is 0 Å². The van der Waals surface area contributed by atoms with E-state index >= 15 is 0 Å². The minimum Gasteiger partial charge on any atom is -0.508 e. The SMILES string of the molecule is Cc1cc2nc(C=Cc3cccc(O)c3)sc2cc1C. The molecule has 2 aromatic carbocycles. The van der Waals surface area contributed by atoms with E-state index in [9.17, 15) is 5.11 Å². The number of rotatable bonds is 2. The van der Waals surface area contributed by atoms with E-state index in [-0.39, 0.29) is 5.75 Å². The summed E-state index contributed by atoms with van der Waals surface area (Å²) in [4.78, 5) is 4.62. The summed E-state index contributed by atoms with van der Waals surface area (Å²) >= 11 is 1.68. The molecule has 0 aliphatic heterocycles. The average Bonchev–Trinajstić information content (AvgIpc) is 2.79. The number of benzene rings is 2.